The Morgan fingerprint density at radius 2 is 0.581 bits per heavy atom. The molecule has 0 saturated carbocycles. The van der Waals surface area contributed by atoms with Crippen LogP contribution in [0, 0.1) is 0 Å². The highest BCUT2D eigenvalue weighted by Crippen LogP contribution is 2.62. The number of pyridine rings is 4. The van der Waals surface area contributed by atoms with E-state index in [1.807, 2.05) is 49.1 Å². The molecule has 25 rings (SSSR count). The Morgan fingerprint density at radius 1 is 0.264 bits per heavy atom. The summed E-state index contributed by atoms with van der Waals surface area (Å²) in [4.78, 5) is 23.8. The first-order chi connectivity index (χ1) is 62.4. The molecule has 0 bridgehead atoms. The third-order valence-electron chi connectivity index (χ3n) is 28.5. The summed E-state index contributed by atoms with van der Waals surface area (Å²) >= 11 is 3.66. The summed E-state index contributed by atoms with van der Waals surface area (Å²) in [6, 6.07) is 137. The second kappa shape index (κ2) is 30.8. The van der Waals surface area contributed by atoms with Gasteiger partial charge in [0.2, 0.25) is 0 Å². The minimum absolute atomic E-state index is 0. The molecule has 7 heterocycles. The molecule has 4 aromatic heterocycles. The molecule has 129 heavy (non-hydrogen) atoms. The molecule has 0 amide bonds. The summed E-state index contributed by atoms with van der Waals surface area (Å²) in [5, 5.41) is 9.55. The number of anilines is 6. The Bertz CT molecular complexity index is 7740. The van der Waals surface area contributed by atoms with Crippen LogP contribution in [-0.4, -0.2) is 38.3 Å². The zero-order valence-electron chi connectivity index (χ0n) is 72.6. The van der Waals surface area contributed by atoms with Crippen LogP contribution < -0.4 is 15.3 Å². The third kappa shape index (κ3) is 12.4. The van der Waals surface area contributed by atoms with Crippen LogP contribution in [-0.2, 0) is 31.0 Å². The first kappa shape index (κ1) is 80.6. The van der Waals surface area contributed by atoms with E-state index in [0.29, 0.717) is 0 Å². The molecule has 3 aliphatic heterocycles. The van der Waals surface area contributed by atoms with Crippen LogP contribution in [0.4, 0.5) is 34.1 Å². The number of benzene rings is 16. The lowest BCUT2D eigenvalue weighted by atomic mass is 9.62. The van der Waals surface area contributed by atoms with Crippen molar-refractivity contribution < 1.29 is 19.3 Å². The number of aromatic nitrogens is 4. The van der Waals surface area contributed by atoms with Crippen LogP contribution in [0.5, 0.6) is 0 Å². The molecule has 16 aromatic carbocycles. The van der Waals surface area contributed by atoms with E-state index in [-0.39, 0.29) is 28.2 Å². The number of hydrogen-bond acceptors (Lipinski definition) is 8. The number of fused-ring (bicyclic) bond motifs is 22. The molecule has 1 saturated heterocycles. The molecule has 0 radical (unpaired) electrons. The van der Waals surface area contributed by atoms with Gasteiger partial charge in [0.1, 0.15) is 0 Å². The summed E-state index contributed by atoms with van der Waals surface area (Å²) in [5.74, 6) is 0. The van der Waals surface area contributed by atoms with Crippen molar-refractivity contribution in [3.8, 4) is 33.4 Å². The fourth-order valence-electron chi connectivity index (χ4n) is 21.9. The summed E-state index contributed by atoms with van der Waals surface area (Å²) < 4.78 is 14.0. The Kier molecular flexibility index (Phi) is 19.2. The Balaban J connectivity index is 0.000000160. The predicted octanol–water partition coefficient (Wildman–Crippen LogP) is 31.6. The Morgan fingerprint density at radius 3 is 0.969 bits per heavy atom. The van der Waals surface area contributed by atoms with Gasteiger partial charge in [0, 0.05) is 83.0 Å². The fraction of sp³-hybridized carbons (Fsp3) is 0.126. The first-order valence-electron chi connectivity index (χ1n) is 44.3. The maximum Gasteiger partial charge on any atom is 0.494 e. The van der Waals surface area contributed by atoms with Crippen LogP contribution in [0.1, 0.15) is 140 Å². The van der Waals surface area contributed by atoms with Crippen LogP contribution in [0.25, 0.3) is 98.5 Å². The third-order valence-corrected chi connectivity index (χ3v) is 29.0. The van der Waals surface area contributed by atoms with E-state index < -0.39 is 29.2 Å². The molecule has 5 aliphatic rings. The van der Waals surface area contributed by atoms with Gasteiger partial charge in [0.25, 0.3) is 0 Å². The second-order valence-electron chi connectivity index (χ2n) is 36.6. The van der Waals surface area contributed by atoms with E-state index in [0.717, 1.165) is 70.9 Å². The van der Waals surface area contributed by atoms with Crippen LogP contribution in [0.2, 0.25) is 0 Å². The number of halogens is 1. The van der Waals surface area contributed by atoms with E-state index >= 15 is 0 Å². The van der Waals surface area contributed by atoms with Crippen molar-refractivity contribution in [1.82, 2.24) is 19.9 Å². The van der Waals surface area contributed by atoms with Crippen LogP contribution in [0.3, 0.4) is 0 Å². The van der Waals surface area contributed by atoms with Crippen molar-refractivity contribution in [2.45, 2.75) is 95.7 Å². The summed E-state index contributed by atoms with van der Waals surface area (Å²) in [6.45, 7) is 17.8. The molecule has 0 spiro atoms. The minimum atomic E-state index is -0.502. The number of hydrogen-bond donors (Lipinski definition) is 0. The van der Waals surface area contributed by atoms with E-state index in [1.54, 1.807) is 0 Å². The van der Waals surface area contributed by atoms with Crippen LogP contribution >= 0.6 is 15.9 Å². The molecule has 2 aliphatic carbocycles. The van der Waals surface area contributed by atoms with Gasteiger partial charge in [-0.15, -0.1) is 0 Å². The highest BCUT2D eigenvalue weighted by atomic mass is 79.9. The van der Waals surface area contributed by atoms with E-state index in [9.17, 15) is 0 Å². The van der Waals surface area contributed by atoms with Crippen LogP contribution in [0.15, 0.2) is 405 Å². The Labute approximate surface area is 773 Å². The lowest BCUT2D eigenvalue weighted by Gasteiger charge is -2.46. The van der Waals surface area contributed by atoms with E-state index in [4.69, 9.17) is 19.3 Å². The van der Waals surface area contributed by atoms with Crippen molar-refractivity contribution in [1.29, 1.82) is 0 Å². The maximum atomic E-state index is 6.44. The SMILES string of the molecule is C.CC1(C)OB(c2cccc(N3c4ccccc4C(c4ccccc4)(c4ccccc4)c4ccccc43)c2)OC1(C)C.CC1(C)c2ccc(-c3cccc(N4c5ccccc5C(c5ccccc5)(c5ccccc5)c5ccccc54)c3)cc2-c2cc3c(cc21)c1cccnc1c1ncccc31.CC1(C)c2ccc(Br)cc2-c2cc3c(cc21)c1cccnc1c1ncccc31.[HH].[HH].[HH].[HH].[HH].[HH].[HH]. The number of nitrogens with zero attached hydrogens (tertiary/aromatic N) is 6. The predicted molar refractivity (Wildman–Crippen MR) is 554 cm³/mol. The lowest BCUT2D eigenvalue weighted by Crippen LogP contribution is -2.41. The molecule has 636 valence electrons. The number of rotatable bonds is 8. The quantitative estimate of drug-likeness (QED) is 0.110. The molecule has 20 aromatic rings. The van der Waals surface area contributed by atoms with Gasteiger partial charge in [-0.1, -0.05) is 312 Å². The van der Waals surface area contributed by atoms with Gasteiger partial charge >= 0.3 is 7.12 Å². The molecule has 0 atom stereocenters. The summed E-state index contributed by atoms with van der Waals surface area (Å²) in [5.41, 5.74) is 32.8. The van der Waals surface area contributed by atoms with Gasteiger partial charge in [0.05, 0.1) is 66.8 Å². The average molecular weight is 1740 g/mol. The molecular formula is C119H108BBrN6O2. The zero-order chi connectivity index (χ0) is 86.6. The highest BCUT2D eigenvalue weighted by molar-refractivity contribution is 9.10. The molecule has 0 N–H and O–H groups in total. The zero-order valence-corrected chi connectivity index (χ0v) is 74.1. The van der Waals surface area contributed by atoms with Gasteiger partial charge in [-0.05, 0) is 270 Å². The van der Waals surface area contributed by atoms with Crippen molar-refractivity contribution in [2.24, 2.45) is 0 Å². The molecule has 8 nitrogen and oxygen atoms in total. The van der Waals surface area contributed by atoms with Gasteiger partial charge in [-0.3, -0.25) is 19.9 Å². The minimum Gasteiger partial charge on any atom is -0.399 e. The topological polar surface area (TPSA) is 76.5 Å². The Hall–Kier alpha value is -14.3. The first-order valence-corrected chi connectivity index (χ1v) is 45.1. The van der Waals surface area contributed by atoms with E-state index in [1.165, 1.54) is 138 Å². The lowest BCUT2D eigenvalue weighted by molar-refractivity contribution is 0.00578. The molecule has 1 fully saturated rings. The molecular weight excluding hydrogens is 1640 g/mol. The van der Waals surface area contributed by atoms with Crippen molar-refractivity contribution in [3.63, 3.8) is 0 Å². The monoisotopic (exact) mass is 1740 g/mol. The molecule has 10 heteroatoms. The number of para-hydroxylation sites is 4. The van der Waals surface area contributed by atoms with Crippen molar-refractivity contribution in [3.05, 3.63) is 472 Å². The van der Waals surface area contributed by atoms with Gasteiger partial charge in [-0.25, -0.2) is 0 Å². The van der Waals surface area contributed by atoms with E-state index in [2.05, 4.69) is 443 Å². The fourth-order valence-corrected chi connectivity index (χ4v) is 22.2. The van der Waals surface area contributed by atoms with Gasteiger partial charge in [-0.2, -0.15) is 0 Å². The van der Waals surface area contributed by atoms with Crippen molar-refractivity contribution in [2.75, 3.05) is 9.80 Å². The maximum absolute atomic E-state index is 6.44. The van der Waals surface area contributed by atoms with Gasteiger partial charge < -0.3 is 19.1 Å². The smallest absolute Gasteiger partial charge is 0.399 e. The summed E-state index contributed by atoms with van der Waals surface area (Å²) in [7, 11) is -0.428. The highest BCUT2D eigenvalue weighted by Gasteiger charge is 2.53. The molecule has 0 unspecified atom stereocenters. The average Bonchev–Trinajstić information content (AvgIpc) is 1.24. The normalized spacial score (nSPS) is 15.5. The largest absolute Gasteiger partial charge is 0.494 e. The standard InChI is InChI=1S/C56H39N3.C37H34BNO2.C25H17BrN2.CH4.7H2/c1-55(2)47-29-28-37(33-45(47)46-34-43-41-22-14-30-57-53(41)54-42(23-15-31-58-54)44(43)35-50(46)55)36-16-13-21-40(32-36)59-51-26-11-9-24-48(51)56(38-17-5-3-6-18-38,39-19-7-4-8-20-39)49-25-10-12-27-52(49)59;1-35(2)36(3,4)41-38(40-35)29-20-15-21-30(26-29)39-33-24-13-11-22-31(33)37(27-16-7-5-8-17-27,28-18-9-6-10-19-28)32-23-12-14-25-34(32)39;1-25(2)21-8-7-14(26)11-19(21)20-12-17-15-5-3-9-27-23(15)24-16(6-4-10-28-24)18(17)13-22(20)25;;;;;;;;/h3-35H,1-2H3;5-26H,1-4H3;3-13H,1-2H3;1H4;7*1H. The second-order valence-corrected chi connectivity index (χ2v) is 37.5. The van der Waals surface area contributed by atoms with Crippen molar-refractivity contribution >= 4 is 128 Å². The van der Waals surface area contributed by atoms with Gasteiger partial charge in [0.15, 0.2) is 0 Å². The summed E-state index contributed by atoms with van der Waals surface area (Å²) in [6.07, 6.45) is 7.45.